The number of nitrogens with one attached hydrogen (secondary N) is 1. The maximum Gasteiger partial charge on any atom is 0.193 e. The Morgan fingerprint density at radius 3 is 2.56 bits per heavy atom. The molecule has 3 nitrogen and oxygen atoms in total. The summed E-state index contributed by atoms with van der Waals surface area (Å²) in [6, 6.07) is 4.46. The molecule has 0 atom stereocenters. The second-order valence-electron chi connectivity index (χ2n) is 4.42. The Hall–Kier alpha value is -0.850. The Labute approximate surface area is 108 Å². The lowest BCUT2D eigenvalue weighted by Gasteiger charge is -2.15. The van der Waals surface area contributed by atoms with Crippen LogP contribution < -0.4 is 11.1 Å². The number of rotatable bonds is 1. The van der Waals surface area contributed by atoms with Gasteiger partial charge in [-0.25, -0.2) is 9.38 Å². The second kappa shape index (κ2) is 4.99. The molecule has 0 aliphatic carbocycles. The molecular weight excluding hydrogens is 320 g/mol. The fraction of sp³-hybridized carbons (Fsp3) is 0.364. The Kier molecular flexibility index (Phi) is 4.12. The van der Waals surface area contributed by atoms with Crippen LogP contribution in [0.25, 0.3) is 0 Å². The number of nitrogens with two attached hydrogens (primary N) is 1. The minimum Gasteiger partial charge on any atom is -0.370 e. The highest BCUT2D eigenvalue weighted by molar-refractivity contribution is 14.1. The van der Waals surface area contributed by atoms with Crippen LogP contribution >= 0.6 is 22.6 Å². The third-order valence-corrected chi connectivity index (χ3v) is 2.54. The van der Waals surface area contributed by atoms with Crippen LogP contribution in [0.4, 0.5) is 10.1 Å². The van der Waals surface area contributed by atoms with Gasteiger partial charge >= 0.3 is 0 Å². The molecule has 0 saturated heterocycles. The van der Waals surface area contributed by atoms with Crippen molar-refractivity contribution in [2.24, 2.45) is 10.7 Å². The predicted molar refractivity (Wildman–Crippen MR) is 74.1 cm³/mol. The summed E-state index contributed by atoms with van der Waals surface area (Å²) < 4.78 is 13.6. The Morgan fingerprint density at radius 1 is 1.44 bits per heavy atom. The average Bonchev–Trinajstić information content (AvgIpc) is 2.06. The van der Waals surface area contributed by atoms with Gasteiger partial charge in [-0.05, 0) is 61.6 Å². The van der Waals surface area contributed by atoms with Gasteiger partial charge in [0.1, 0.15) is 5.82 Å². The van der Waals surface area contributed by atoms with Crippen LogP contribution in [-0.4, -0.2) is 11.5 Å². The Balaban J connectivity index is 2.85. The highest BCUT2D eigenvalue weighted by atomic mass is 127. The van der Waals surface area contributed by atoms with E-state index >= 15 is 0 Å². The smallest absolute Gasteiger partial charge is 0.193 e. The maximum absolute atomic E-state index is 12.9. The van der Waals surface area contributed by atoms with Crippen LogP contribution in [0.15, 0.2) is 23.2 Å². The monoisotopic (exact) mass is 335 g/mol. The van der Waals surface area contributed by atoms with E-state index in [0.717, 1.165) is 9.26 Å². The van der Waals surface area contributed by atoms with E-state index in [1.165, 1.54) is 12.1 Å². The van der Waals surface area contributed by atoms with Crippen molar-refractivity contribution in [1.29, 1.82) is 0 Å². The van der Waals surface area contributed by atoms with E-state index in [9.17, 15) is 4.39 Å². The van der Waals surface area contributed by atoms with Crippen LogP contribution in [0.1, 0.15) is 20.8 Å². The summed E-state index contributed by atoms with van der Waals surface area (Å²) in [5, 5.41) is 2.95. The summed E-state index contributed by atoms with van der Waals surface area (Å²) in [5.74, 6) is 0.0679. The van der Waals surface area contributed by atoms with Gasteiger partial charge in [0.2, 0.25) is 0 Å². The topological polar surface area (TPSA) is 50.4 Å². The highest BCUT2D eigenvalue weighted by Crippen LogP contribution is 2.19. The molecule has 0 aliphatic rings. The zero-order valence-electron chi connectivity index (χ0n) is 9.51. The van der Waals surface area contributed by atoms with Crippen molar-refractivity contribution in [1.82, 2.24) is 0 Å². The predicted octanol–water partition coefficient (Wildman–Crippen LogP) is 2.96. The maximum atomic E-state index is 12.9. The van der Waals surface area contributed by atoms with Gasteiger partial charge in [0.05, 0.1) is 11.2 Å². The fourth-order valence-electron chi connectivity index (χ4n) is 1.12. The quantitative estimate of drug-likeness (QED) is 0.471. The molecule has 0 spiro atoms. The van der Waals surface area contributed by atoms with Crippen LogP contribution in [0.3, 0.4) is 0 Å². The van der Waals surface area contributed by atoms with E-state index in [0.29, 0.717) is 5.96 Å². The number of nitrogens with zero attached hydrogens (tertiary/aromatic N) is 1. The van der Waals surface area contributed by atoms with Crippen molar-refractivity contribution in [3.63, 3.8) is 0 Å². The molecule has 3 N–H and O–H groups in total. The summed E-state index contributed by atoms with van der Waals surface area (Å²) in [5.41, 5.74) is 6.26. The Morgan fingerprint density at radius 2 is 2.06 bits per heavy atom. The molecule has 0 unspecified atom stereocenters. The van der Waals surface area contributed by atoms with Crippen molar-refractivity contribution < 1.29 is 4.39 Å². The van der Waals surface area contributed by atoms with Crippen LogP contribution in [0.2, 0.25) is 0 Å². The molecule has 0 aliphatic heterocycles. The molecule has 1 aromatic rings. The summed E-state index contributed by atoms with van der Waals surface area (Å²) >= 11 is 2.04. The molecular formula is C11H15FIN3. The standard InChI is InChI=1S/C11H15FIN3/c1-11(2,3)16-10(14)15-9-5-4-7(12)6-8(9)13/h4-6H,1-3H3,(H3,14,15,16). The van der Waals surface area contributed by atoms with Crippen molar-refractivity contribution in [2.45, 2.75) is 26.3 Å². The van der Waals surface area contributed by atoms with Gasteiger partial charge in [0.25, 0.3) is 0 Å². The van der Waals surface area contributed by atoms with Crippen LogP contribution in [0, 0.1) is 9.39 Å². The van der Waals surface area contributed by atoms with Crippen LogP contribution in [-0.2, 0) is 0 Å². The van der Waals surface area contributed by atoms with E-state index in [4.69, 9.17) is 5.73 Å². The van der Waals surface area contributed by atoms with E-state index < -0.39 is 0 Å². The van der Waals surface area contributed by atoms with Crippen molar-refractivity contribution in [2.75, 3.05) is 5.32 Å². The summed E-state index contributed by atoms with van der Waals surface area (Å²) in [6.45, 7) is 5.87. The highest BCUT2D eigenvalue weighted by Gasteiger charge is 2.09. The summed E-state index contributed by atoms with van der Waals surface area (Å²) in [7, 11) is 0. The van der Waals surface area contributed by atoms with Crippen molar-refractivity contribution in [3.05, 3.63) is 27.6 Å². The molecule has 0 heterocycles. The molecule has 0 amide bonds. The van der Waals surface area contributed by atoms with E-state index in [1.807, 2.05) is 43.4 Å². The van der Waals surface area contributed by atoms with Gasteiger partial charge in [0, 0.05) is 3.57 Å². The summed E-state index contributed by atoms with van der Waals surface area (Å²) in [4.78, 5) is 4.25. The molecule has 5 heteroatoms. The number of anilines is 1. The first-order chi connectivity index (χ1) is 7.28. The zero-order valence-corrected chi connectivity index (χ0v) is 11.7. The molecule has 0 saturated carbocycles. The lowest BCUT2D eigenvalue weighted by atomic mass is 10.1. The number of aliphatic imine (C=N–C) groups is 1. The zero-order chi connectivity index (χ0) is 12.3. The number of hydrogen-bond acceptors (Lipinski definition) is 1. The van der Waals surface area contributed by atoms with Gasteiger partial charge in [-0.3, -0.25) is 0 Å². The van der Waals surface area contributed by atoms with Crippen molar-refractivity contribution in [3.8, 4) is 0 Å². The molecule has 16 heavy (non-hydrogen) atoms. The second-order valence-corrected chi connectivity index (χ2v) is 5.58. The van der Waals surface area contributed by atoms with Crippen LogP contribution in [0.5, 0.6) is 0 Å². The molecule has 0 radical (unpaired) electrons. The molecule has 0 bridgehead atoms. The molecule has 1 aromatic carbocycles. The molecule has 1 rings (SSSR count). The molecule has 88 valence electrons. The van der Waals surface area contributed by atoms with E-state index in [-0.39, 0.29) is 11.4 Å². The van der Waals surface area contributed by atoms with Gasteiger partial charge in [-0.2, -0.15) is 0 Å². The number of hydrogen-bond donors (Lipinski definition) is 2. The minimum absolute atomic E-state index is 0.234. The van der Waals surface area contributed by atoms with Gasteiger partial charge in [-0.15, -0.1) is 0 Å². The number of guanidine groups is 1. The normalized spacial score (nSPS) is 12.7. The van der Waals surface area contributed by atoms with Gasteiger partial charge in [0.15, 0.2) is 5.96 Å². The first-order valence-electron chi connectivity index (χ1n) is 4.85. The summed E-state index contributed by atoms with van der Waals surface area (Å²) in [6.07, 6.45) is 0. The average molecular weight is 335 g/mol. The van der Waals surface area contributed by atoms with Gasteiger partial charge < -0.3 is 11.1 Å². The van der Waals surface area contributed by atoms with Crippen molar-refractivity contribution >= 4 is 34.2 Å². The Bertz CT molecular complexity index is 410. The lowest BCUT2D eigenvalue weighted by Crippen LogP contribution is -2.27. The minimum atomic E-state index is -0.263. The number of benzene rings is 1. The van der Waals surface area contributed by atoms with Gasteiger partial charge in [-0.1, -0.05) is 0 Å². The first-order valence-corrected chi connectivity index (χ1v) is 5.93. The molecule has 0 fully saturated rings. The fourth-order valence-corrected chi connectivity index (χ4v) is 1.73. The number of halogens is 2. The third-order valence-electron chi connectivity index (χ3n) is 1.65. The molecule has 0 aromatic heterocycles. The lowest BCUT2D eigenvalue weighted by molar-refractivity contribution is 0.583. The first kappa shape index (κ1) is 13.2. The SMILES string of the molecule is CC(C)(C)N=C(N)Nc1ccc(F)cc1I. The largest absolute Gasteiger partial charge is 0.370 e. The van der Waals surface area contributed by atoms with E-state index in [1.54, 1.807) is 6.07 Å². The third kappa shape index (κ3) is 4.34. The van der Waals surface area contributed by atoms with E-state index in [2.05, 4.69) is 10.3 Å².